The number of hydrogen-bond acceptors (Lipinski definition) is 4. The van der Waals surface area contributed by atoms with E-state index in [-0.39, 0.29) is 11.9 Å². The number of methoxy groups -OCH3 is 1. The maximum atomic E-state index is 12.7. The number of benzene rings is 1. The first-order valence-corrected chi connectivity index (χ1v) is 8.26. The van der Waals surface area contributed by atoms with Gasteiger partial charge in [-0.2, -0.15) is 0 Å². The molecule has 24 heavy (non-hydrogen) atoms. The van der Waals surface area contributed by atoms with Gasteiger partial charge < -0.3 is 14.5 Å². The number of rotatable bonds is 4. The summed E-state index contributed by atoms with van der Waals surface area (Å²) in [4.78, 5) is 21.3. The van der Waals surface area contributed by atoms with Crippen molar-refractivity contribution in [2.45, 2.75) is 18.9 Å². The van der Waals surface area contributed by atoms with Gasteiger partial charge in [-0.1, -0.05) is 6.07 Å². The maximum absolute atomic E-state index is 12.7. The number of carbonyl (C=O) groups is 1. The van der Waals surface area contributed by atoms with Gasteiger partial charge in [0.15, 0.2) is 0 Å². The summed E-state index contributed by atoms with van der Waals surface area (Å²) in [5.41, 5.74) is 0.688. The van der Waals surface area contributed by atoms with Gasteiger partial charge in [-0.3, -0.25) is 4.79 Å². The van der Waals surface area contributed by atoms with Crippen molar-refractivity contribution in [2.24, 2.45) is 0 Å². The van der Waals surface area contributed by atoms with Crippen LogP contribution in [0.25, 0.3) is 0 Å². The molecule has 1 atom stereocenters. The molecule has 1 aromatic heterocycles. The Morgan fingerprint density at radius 1 is 1.25 bits per heavy atom. The zero-order valence-electron chi connectivity index (χ0n) is 14.2. The van der Waals surface area contributed by atoms with Crippen LogP contribution in [0.4, 0.5) is 5.82 Å². The standard InChI is InChI=1S/C19H23N3O2/c1-21(19(23)15-8-10-17(24-2)11-9-15)16-6-5-13-22(14-16)18-7-3-4-12-20-18/h3-4,7-12,16H,5-6,13-14H2,1-2H3/t16-/m0/s1. The zero-order chi connectivity index (χ0) is 16.9. The predicted octanol–water partition coefficient (Wildman–Crippen LogP) is 2.83. The predicted molar refractivity (Wildman–Crippen MR) is 94.6 cm³/mol. The van der Waals surface area contributed by atoms with Crippen LogP contribution < -0.4 is 9.64 Å². The molecule has 126 valence electrons. The fourth-order valence-corrected chi connectivity index (χ4v) is 3.12. The average molecular weight is 325 g/mol. The van der Waals surface area contributed by atoms with Gasteiger partial charge in [0.05, 0.1) is 7.11 Å². The molecule has 1 aromatic carbocycles. The molecule has 1 saturated heterocycles. The summed E-state index contributed by atoms with van der Waals surface area (Å²) in [5, 5.41) is 0. The lowest BCUT2D eigenvalue weighted by molar-refractivity contribution is 0.0717. The molecule has 2 heterocycles. The third kappa shape index (κ3) is 3.50. The summed E-state index contributed by atoms with van der Waals surface area (Å²) in [6.45, 7) is 1.80. The van der Waals surface area contributed by atoms with Crippen LogP contribution in [-0.2, 0) is 0 Å². The number of likely N-dealkylation sites (N-methyl/N-ethyl adjacent to an activating group) is 1. The van der Waals surface area contributed by atoms with Gasteiger partial charge in [0.25, 0.3) is 5.91 Å². The van der Waals surface area contributed by atoms with Crippen LogP contribution >= 0.6 is 0 Å². The summed E-state index contributed by atoms with van der Waals surface area (Å²) in [6, 6.07) is 13.4. The summed E-state index contributed by atoms with van der Waals surface area (Å²) in [7, 11) is 3.51. The van der Waals surface area contributed by atoms with Crippen LogP contribution in [0, 0.1) is 0 Å². The van der Waals surface area contributed by atoms with E-state index in [1.807, 2.05) is 60.6 Å². The number of amides is 1. The number of hydrogen-bond donors (Lipinski definition) is 0. The molecule has 0 unspecified atom stereocenters. The van der Waals surface area contributed by atoms with Crippen molar-refractivity contribution in [1.82, 2.24) is 9.88 Å². The summed E-state index contributed by atoms with van der Waals surface area (Å²) in [6.07, 6.45) is 3.88. The van der Waals surface area contributed by atoms with Crippen molar-refractivity contribution in [3.63, 3.8) is 0 Å². The molecule has 3 rings (SSSR count). The molecule has 0 spiro atoms. The highest BCUT2D eigenvalue weighted by atomic mass is 16.5. The second kappa shape index (κ2) is 7.34. The molecule has 0 radical (unpaired) electrons. The fourth-order valence-electron chi connectivity index (χ4n) is 3.12. The lowest BCUT2D eigenvalue weighted by Gasteiger charge is -2.38. The van der Waals surface area contributed by atoms with Crippen molar-refractivity contribution >= 4 is 11.7 Å². The molecular weight excluding hydrogens is 302 g/mol. The lowest BCUT2D eigenvalue weighted by Crippen LogP contribution is -2.48. The zero-order valence-corrected chi connectivity index (χ0v) is 14.2. The van der Waals surface area contributed by atoms with Crippen LogP contribution in [0.1, 0.15) is 23.2 Å². The summed E-state index contributed by atoms with van der Waals surface area (Å²) >= 11 is 0. The monoisotopic (exact) mass is 325 g/mol. The van der Waals surface area contributed by atoms with E-state index in [1.54, 1.807) is 7.11 Å². The average Bonchev–Trinajstić information content (AvgIpc) is 2.67. The van der Waals surface area contributed by atoms with Crippen LogP contribution in [-0.4, -0.2) is 49.1 Å². The first-order chi connectivity index (χ1) is 11.7. The second-order valence-corrected chi connectivity index (χ2v) is 6.07. The molecule has 1 amide bonds. The Balaban J connectivity index is 1.69. The Labute approximate surface area is 142 Å². The maximum Gasteiger partial charge on any atom is 0.253 e. The minimum atomic E-state index is 0.0468. The SMILES string of the molecule is COc1ccc(C(=O)N(C)[C@H]2CCCN(c3ccccn3)C2)cc1. The third-order valence-corrected chi connectivity index (χ3v) is 4.57. The molecule has 0 aliphatic carbocycles. The molecule has 1 aliphatic rings. The lowest BCUT2D eigenvalue weighted by atomic mass is 10.0. The first kappa shape index (κ1) is 16.3. The van der Waals surface area contributed by atoms with Crippen LogP contribution in [0.3, 0.4) is 0 Å². The van der Waals surface area contributed by atoms with Gasteiger partial charge in [-0.15, -0.1) is 0 Å². The van der Waals surface area contributed by atoms with Gasteiger partial charge in [-0.25, -0.2) is 4.98 Å². The molecule has 0 bridgehead atoms. The Kier molecular flexibility index (Phi) is 4.99. The molecular formula is C19H23N3O2. The van der Waals surface area contributed by atoms with Crippen molar-refractivity contribution in [3.05, 3.63) is 54.2 Å². The van der Waals surface area contributed by atoms with Gasteiger partial charge in [0.2, 0.25) is 0 Å². The Morgan fingerprint density at radius 3 is 2.71 bits per heavy atom. The number of piperidine rings is 1. The van der Waals surface area contributed by atoms with Crippen molar-refractivity contribution in [3.8, 4) is 5.75 Å². The molecule has 1 aliphatic heterocycles. The number of nitrogens with zero attached hydrogens (tertiary/aromatic N) is 3. The molecule has 0 N–H and O–H groups in total. The van der Waals surface area contributed by atoms with Crippen LogP contribution in [0.2, 0.25) is 0 Å². The minimum Gasteiger partial charge on any atom is -0.497 e. The van der Waals surface area contributed by atoms with E-state index >= 15 is 0 Å². The first-order valence-electron chi connectivity index (χ1n) is 8.26. The number of ether oxygens (including phenoxy) is 1. The van der Waals surface area contributed by atoms with E-state index in [0.717, 1.165) is 37.5 Å². The Bertz CT molecular complexity index is 673. The van der Waals surface area contributed by atoms with Gasteiger partial charge >= 0.3 is 0 Å². The number of anilines is 1. The largest absolute Gasteiger partial charge is 0.497 e. The van der Waals surface area contributed by atoms with E-state index in [2.05, 4.69) is 9.88 Å². The fraction of sp³-hybridized carbons (Fsp3) is 0.368. The van der Waals surface area contributed by atoms with E-state index < -0.39 is 0 Å². The smallest absolute Gasteiger partial charge is 0.253 e. The van der Waals surface area contributed by atoms with E-state index in [1.165, 1.54) is 0 Å². The normalized spacial score (nSPS) is 17.4. The van der Waals surface area contributed by atoms with Gasteiger partial charge in [0.1, 0.15) is 11.6 Å². The highest BCUT2D eigenvalue weighted by molar-refractivity contribution is 5.94. The van der Waals surface area contributed by atoms with E-state index in [0.29, 0.717) is 5.56 Å². The molecule has 1 fully saturated rings. The van der Waals surface area contributed by atoms with Gasteiger partial charge in [0, 0.05) is 37.9 Å². The van der Waals surface area contributed by atoms with Crippen LogP contribution in [0.15, 0.2) is 48.7 Å². The summed E-state index contributed by atoms with van der Waals surface area (Å²) in [5.74, 6) is 1.78. The summed E-state index contributed by atoms with van der Waals surface area (Å²) < 4.78 is 5.15. The number of pyridine rings is 1. The molecule has 5 nitrogen and oxygen atoms in total. The van der Waals surface area contributed by atoms with E-state index in [9.17, 15) is 4.79 Å². The highest BCUT2D eigenvalue weighted by Gasteiger charge is 2.27. The quantitative estimate of drug-likeness (QED) is 0.867. The second-order valence-electron chi connectivity index (χ2n) is 6.07. The van der Waals surface area contributed by atoms with Crippen molar-refractivity contribution in [1.29, 1.82) is 0 Å². The molecule has 2 aromatic rings. The minimum absolute atomic E-state index is 0.0468. The Hall–Kier alpha value is -2.56. The van der Waals surface area contributed by atoms with Crippen LogP contribution in [0.5, 0.6) is 5.75 Å². The number of carbonyl (C=O) groups excluding carboxylic acids is 1. The Morgan fingerprint density at radius 2 is 2.04 bits per heavy atom. The highest BCUT2D eigenvalue weighted by Crippen LogP contribution is 2.21. The number of aromatic nitrogens is 1. The molecule has 5 heteroatoms. The van der Waals surface area contributed by atoms with Gasteiger partial charge in [-0.05, 0) is 49.2 Å². The van der Waals surface area contributed by atoms with Crippen molar-refractivity contribution < 1.29 is 9.53 Å². The van der Waals surface area contributed by atoms with E-state index in [4.69, 9.17) is 4.74 Å². The van der Waals surface area contributed by atoms with Crippen molar-refractivity contribution in [2.75, 3.05) is 32.1 Å². The third-order valence-electron chi connectivity index (χ3n) is 4.57. The topological polar surface area (TPSA) is 45.7 Å². The molecule has 0 saturated carbocycles.